The van der Waals surface area contributed by atoms with Gasteiger partial charge in [-0.1, -0.05) is 54.7 Å². The Hall–Kier alpha value is -2.40. The van der Waals surface area contributed by atoms with Crippen molar-refractivity contribution in [2.75, 3.05) is 0 Å². The lowest BCUT2D eigenvalue weighted by Gasteiger charge is -2.18. The van der Waals surface area contributed by atoms with E-state index in [0.29, 0.717) is 0 Å². The van der Waals surface area contributed by atoms with Crippen molar-refractivity contribution >= 4 is 23.1 Å². The standard InChI is InChI=1S/C16H16N2O2S/c17-16(21)15(12-6-2-1-3-7-12)18-14(20)10-11-5-4-8-13(19)9-11/h1-9,15,19H,10H2,(H2,17,21)(H,18,20). The molecule has 2 aromatic carbocycles. The molecule has 0 aliphatic carbocycles. The molecule has 5 heteroatoms. The highest BCUT2D eigenvalue weighted by Crippen LogP contribution is 2.15. The first-order valence-corrected chi connectivity index (χ1v) is 6.88. The quantitative estimate of drug-likeness (QED) is 0.739. The van der Waals surface area contributed by atoms with Crippen LogP contribution in [0.1, 0.15) is 17.2 Å². The number of aromatic hydroxyl groups is 1. The molecule has 0 aliphatic rings. The summed E-state index contributed by atoms with van der Waals surface area (Å²) < 4.78 is 0. The summed E-state index contributed by atoms with van der Waals surface area (Å²) in [6.07, 6.45) is 0.153. The van der Waals surface area contributed by atoms with Crippen molar-refractivity contribution < 1.29 is 9.90 Å². The molecular formula is C16H16N2O2S. The van der Waals surface area contributed by atoms with Crippen LogP contribution in [0.25, 0.3) is 0 Å². The minimum Gasteiger partial charge on any atom is -0.508 e. The molecule has 1 amide bonds. The van der Waals surface area contributed by atoms with Crippen LogP contribution in [0.3, 0.4) is 0 Å². The van der Waals surface area contributed by atoms with Crippen LogP contribution in [-0.4, -0.2) is 16.0 Å². The number of nitrogens with one attached hydrogen (secondary N) is 1. The molecule has 0 aromatic heterocycles. The average Bonchev–Trinajstić information content (AvgIpc) is 2.45. The summed E-state index contributed by atoms with van der Waals surface area (Å²) >= 11 is 5.03. The second-order valence-electron chi connectivity index (χ2n) is 4.66. The van der Waals surface area contributed by atoms with Crippen LogP contribution in [0.15, 0.2) is 54.6 Å². The van der Waals surface area contributed by atoms with Crippen LogP contribution in [-0.2, 0) is 11.2 Å². The van der Waals surface area contributed by atoms with Crippen LogP contribution in [0, 0.1) is 0 Å². The number of benzene rings is 2. The summed E-state index contributed by atoms with van der Waals surface area (Å²) in [5, 5.41) is 12.2. The Labute approximate surface area is 128 Å². The van der Waals surface area contributed by atoms with E-state index in [1.54, 1.807) is 24.3 Å². The first-order chi connectivity index (χ1) is 10.1. The predicted octanol–water partition coefficient (Wildman–Crippen LogP) is 2.08. The maximum Gasteiger partial charge on any atom is 0.225 e. The Kier molecular flexibility index (Phi) is 4.90. The number of phenolic OH excluding ortho intramolecular Hbond substituents is 1. The van der Waals surface area contributed by atoms with Crippen LogP contribution in [0.4, 0.5) is 0 Å². The number of carbonyl (C=O) groups is 1. The van der Waals surface area contributed by atoms with E-state index in [4.69, 9.17) is 18.0 Å². The molecule has 1 unspecified atom stereocenters. The Morgan fingerprint density at radius 1 is 1.19 bits per heavy atom. The summed E-state index contributed by atoms with van der Waals surface area (Å²) in [5.41, 5.74) is 7.28. The lowest BCUT2D eigenvalue weighted by Crippen LogP contribution is -2.37. The molecule has 4 N–H and O–H groups in total. The summed E-state index contributed by atoms with van der Waals surface area (Å²) in [4.78, 5) is 12.3. The van der Waals surface area contributed by atoms with E-state index in [1.165, 1.54) is 0 Å². The molecule has 21 heavy (non-hydrogen) atoms. The summed E-state index contributed by atoms with van der Waals surface area (Å²) in [7, 11) is 0. The highest BCUT2D eigenvalue weighted by atomic mass is 32.1. The first kappa shape index (κ1) is 15.0. The van der Waals surface area contributed by atoms with Gasteiger partial charge in [0.1, 0.15) is 16.8 Å². The SMILES string of the molecule is NC(=S)C(NC(=O)Cc1cccc(O)c1)c1ccccc1. The monoisotopic (exact) mass is 300 g/mol. The maximum absolute atomic E-state index is 12.1. The first-order valence-electron chi connectivity index (χ1n) is 6.48. The zero-order valence-electron chi connectivity index (χ0n) is 11.3. The third-order valence-electron chi connectivity index (χ3n) is 3.00. The van der Waals surface area contributed by atoms with Gasteiger partial charge in [-0.25, -0.2) is 0 Å². The topological polar surface area (TPSA) is 75.3 Å². The van der Waals surface area contributed by atoms with E-state index < -0.39 is 6.04 Å². The van der Waals surface area contributed by atoms with Crippen LogP contribution < -0.4 is 11.1 Å². The van der Waals surface area contributed by atoms with Crippen molar-refractivity contribution in [2.45, 2.75) is 12.5 Å². The fraction of sp³-hybridized carbons (Fsp3) is 0.125. The smallest absolute Gasteiger partial charge is 0.225 e. The van der Waals surface area contributed by atoms with Crippen LogP contribution in [0.5, 0.6) is 5.75 Å². The van der Waals surface area contributed by atoms with Gasteiger partial charge in [0.15, 0.2) is 0 Å². The van der Waals surface area contributed by atoms with Gasteiger partial charge in [-0.15, -0.1) is 0 Å². The molecule has 0 heterocycles. The fourth-order valence-corrected chi connectivity index (χ4v) is 2.22. The Morgan fingerprint density at radius 2 is 1.90 bits per heavy atom. The van der Waals surface area contributed by atoms with Crippen molar-refractivity contribution in [2.24, 2.45) is 5.73 Å². The fourth-order valence-electron chi connectivity index (χ4n) is 2.03. The molecule has 108 valence electrons. The van der Waals surface area contributed by atoms with E-state index in [0.717, 1.165) is 11.1 Å². The lowest BCUT2D eigenvalue weighted by atomic mass is 10.1. The molecular weight excluding hydrogens is 284 g/mol. The molecule has 0 bridgehead atoms. The number of phenols is 1. The molecule has 2 rings (SSSR count). The third kappa shape index (κ3) is 4.29. The van der Waals surface area contributed by atoms with Gasteiger partial charge in [-0.2, -0.15) is 0 Å². The molecule has 0 fully saturated rings. The Balaban J connectivity index is 2.07. The predicted molar refractivity (Wildman–Crippen MR) is 85.9 cm³/mol. The van der Waals surface area contributed by atoms with Gasteiger partial charge >= 0.3 is 0 Å². The van der Waals surface area contributed by atoms with Gasteiger partial charge in [0.05, 0.1) is 6.42 Å². The third-order valence-corrected chi connectivity index (χ3v) is 3.23. The van der Waals surface area contributed by atoms with Gasteiger partial charge in [-0.3, -0.25) is 4.79 Å². The van der Waals surface area contributed by atoms with Gasteiger partial charge in [0, 0.05) is 0 Å². The van der Waals surface area contributed by atoms with E-state index in [2.05, 4.69) is 5.32 Å². The molecule has 0 saturated heterocycles. The molecule has 0 spiro atoms. The molecule has 1 atom stereocenters. The summed E-state index contributed by atoms with van der Waals surface area (Å²) in [5.74, 6) is -0.0727. The molecule has 0 aliphatic heterocycles. The van der Waals surface area contributed by atoms with Crippen LogP contribution in [0.2, 0.25) is 0 Å². The number of hydrogen-bond donors (Lipinski definition) is 3. The highest BCUT2D eigenvalue weighted by Gasteiger charge is 2.17. The van der Waals surface area contributed by atoms with Crippen molar-refractivity contribution in [3.8, 4) is 5.75 Å². The largest absolute Gasteiger partial charge is 0.508 e. The minimum absolute atomic E-state index is 0.134. The van der Waals surface area contributed by atoms with Crippen molar-refractivity contribution in [1.82, 2.24) is 5.32 Å². The lowest BCUT2D eigenvalue weighted by molar-refractivity contribution is -0.120. The number of rotatable bonds is 5. The normalized spacial score (nSPS) is 11.6. The maximum atomic E-state index is 12.1. The highest BCUT2D eigenvalue weighted by molar-refractivity contribution is 7.80. The van der Waals surface area contributed by atoms with E-state index in [1.807, 2.05) is 30.3 Å². The van der Waals surface area contributed by atoms with Gasteiger partial charge in [0.25, 0.3) is 0 Å². The number of carbonyl (C=O) groups excluding carboxylic acids is 1. The average molecular weight is 300 g/mol. The molecule has 0 saturated carbocycles. The van der Waals surface area contributed by atoms with Gasteiger partial charge in [0.2, 0.25) is 5.91 Å². The molecule has 2 aromatic rings. The second kappa shape index (κ2) is 6.85. The van der Waals surface area contributed by atoms with Gasteiger partial charge in [-0.05, 0) is 23.3 Å². The molecule has 4 nitrogen and oxygen atoms in total. The van der Waals surface area contributed by atoms with E-state index >= 15 is 0 Å². The number of thiocarbonyl (C=S) groups is 1. The van der Waals surface area contributed by atoms with Crippen molar-refractivity contribution in [3.05, 3.63) is 65.7 Å². The summed E-state index contributed by atoms with van der Waals surface area (Å²) in [6, 6.07) is 15.4. The van der Waals surface area contributed by atoms with E-state index in [9.17, 15) is 9.90 Å². The number of amides is 1. The van der Waals surface area contributed by atoms with E-state index in [-0.39, 0.29) is 23.1 Å². The zero-order valence-corrected chi connectivity index (χ0v) is 12.1. The zero-order chi connectivity index (χ0) is 15.2. The Morgan fingerprint density at radius 3 is 2.52 bits per heavy atom. The minimum atomic E-state index is -0.494. The Bertz CT molecular complexity index is 644. The van der Waals surface area contributed by atoms with Gasteiger partial charge < -0.3 is 16.2 Å². The molecule has 0 radical (unpaired) electrons. The number of nitrogens with two attached hydrogens (primary N) is 1. The van der Waals surface area contributed by atoms with Crippen molar-refractivity contribution in [3.63, 3.8) is 0 Å². The summed E-state index contributed by atoms with van der Waals surface area (Å²) in [6.45, 7) is 0. The number of hydrogen-bond acceptors (Lipinski definition) is 3. The second-order valence-corrected chi connectivity index (χ2v) is 5.13. The van der Waals surface area contributed by atoms with Crippen LogP contribution >= 0.6 is 12.2 Å². The van der Waals surface area contributed by atoms with Crippen molar-refractivity contribution in [1.29, 1.82) is 0 Å².